The Balaban J connectivity index is 2.78. The van der Waals surface area contributed by atoms with E-state index in [1.807, 2.05) is 0 Å². The monoisotopic (exact) mass is 287 g/mol. The highest BCUT2D eigenvalue weighted by atomic mass is 32.2. The Kier molecular flexibility index (Phi) is 5.31. The zero-order valence-corrected chi connectivity index (χ0v) is 11.7. The molecule has 1 aromatic rings. The summed E-state index contributed by atoms with van der Waals surface area (Å²) in [6, 6.07) is 5.66. The lowest BCUT2D eigenvalue weighted by Crippen LogP contribution is -2.29. The van der Waals surface area contributed by atoms with Gasteiger partial charge >= 0.3 is 5.97 Å². The van der Waals surface area contributed by atoms with E-state index in [0.717, 1.165) is 4.31 Å². The highest BCUT2D eigenvalue weighted by Gasteiger charge is 2.24. The molecule has 0 aromatic heterocycles. The predicted octanol–water partition coefficient (Wildman–Crippen LogP) is 0.966. The summed E-state index contributed by atoms with van der Waals surface area (Å²) < 4.78 is 30.0. The third-order valence-electron chi connectivity index (χ3n) is 2.49. The average Bonchev–Trinajstić information content (AvgIpc) is 2.36. The maximum Gasteiger partial charge on any atom is 0.307 e. The topological polar surface area (TPSA) is 83.9 Å². The van der Waals surface area contributed by atoms with E-state index in [2.05, 4.69) is 0 Å². The largest absolute Gasteiger partial charge is 0.507 e. The summed E-state index contributed by atoms with van der Waals surface area (Å²) in [5.74, 6) is -0.771. The minimum Gasteiger partial charge on any atom is -0.507 e. The third kappa shape index (κ3) is 3.93. The van der Waals surface area contributed by atoms with Gasteiger partial charge in [0.1, 0.15) is 10.6 Å². The number of ether oxygens (including phenoxy) is 1. The molecule has 0 unspecified atom stereocenters. The Morgan fingerprint density at radius 1 is 1.37 bits per heavy atom. The molecule has 106 valence electrons. The number of aromatic hydroxyl groups is 1. The van der Waals surface area contributed by atoms with Gasteiger partial charge in [0.25, 0.3) is 0 Å². The maximum absolute atomic E-state index is 12.1. The Morgan fingerprint density at radius 3 is 2.58 bits per heavy atom. The Labute approximate surface area is 112 Å². The van der Waals surface area contributed by atoms with Crippen molar-refractivity contribution in [3.8, 4) is 5.75 Å². The van der Waals surface area contributed by atoms with Crippen molar-refractivity contribution in [2.75, 3.05) is 20.2 Å². The van der Waals surface area contributed by atoms with Gasteiger partial charge in [-0.25, -0.2) is 12.7 Å². The van der Waals surface area contributed by atoms with Gasteiger partial charge in [0, 0.05) is 13.6 Å². The first-order valence-corrected chi connectivity index (χ1v) is 7.23. The van der Waals surface area contributed by atoms with Crippen LogP contribution in [0.15, 0.2) is 29.2 Å². The second kappa shape index (κ2) is 6.53. The van der Waals surface area contributed by atoms with Crippen LogP contribution in [0.5, 0.6) is 5.75 Å². The molecule has 1 rings (SSSR count). The van der Waals surface area contributed by atoms with Gasteiger partial charge in [0.2, 0.25) is 10.0 Å². The second-order valence-corrected chi connectivity index (χ2v) is 5.86. The van der Waals surface area contributed by atoms with E-state index in [-0.39, 0.29) is 30.2 Å². The fourth-order valence-corrected chi connectivity index (χ4v) is 2.70. The third-order valence-corrected chi connectivity index (χ3v) is 4.39. The molecule has 0 atom stereocenters. The molecule has 0 aliphatic carbocycles. The van der Waals surface area contributed by atoms with Gasteiger partial charge in [-0.05, 0) is 19.1 Å². The van der Waals surface area contributed by atoms with Crippen molar-refractivity contribution in [2.45, 2.75) is 18.2 Å². The van der Waals surface area contributed by atoms with Crippen molar-refractivity contribution in [3.05, 3.63) is 24.3 Å². The summed E-state index contributed by atoms with van der Waals surface area (Å²) in [7, 11) is -2.46. The Bertz CT molecular complexity index is 541. The number of carbonyl (C=O) groups excluding carboxylic acids is 1. The Hall–Kier alpha value is -1.60. The lowest BCUT2D eigenvalue weighted by molar-refractivity contribution is -0.143. The highest BCUT2D eigenvalue weighted by Crippen LogP contribution is 2.24. The van der Waals surface area contributed by atoms with Crippen molar-refractivity contribution >= 4 is 16.0 Å². The highest BCUT2D eigenvalue weighted by molar-refractivity contribution is 7.89. The van der Waals surface area contributed by atoms with Gasteiger partial charge in [-0.15, -0.1) is 0 Å². The standard InChI is InChI=1S/C12H17NO5S/c1-3-18-12(15)8-9-13(2)19(16,17)11-7-5-4-6-10(11)14/h4-7,14H,3,8-9H2,1-2H3. The van der Waals surface area contributed by atoms with E-state index in [1.54, 1.807) is 6.92 Å². The van der Waals surface area contributed by atoms with Crippen molar-refractivity contribution < 1.29 is 23.1 Å². The van der Waals surface area contributed by atoms with Crippen LogP contribution in [-0.2, 0) is 19.6 Å². The van der Waals surface area contributed by atoms with Crippen LogP contribution in [-0.4, -0.2) is 44.0 Å². The van der Waals surface area contributed by atoms with Gasteiger partial charge in [0.05, 0.1) is 13.0 Å². The lowest BCUT2D eigenvalue weighted by Gasteiger charge is -2.17. The number of rotatable bonds is 6. The first kappa shape index (κ1) is 15.5. The fourth-order valence-electron chi connectivity index (χ4n) is 1.45. The zero-order chi connectivity index (χ0) is 14.5. The molecule has 0 radical (unpaired) electrons. The molecule has 0 heterocycles. The average molecular weight is 287 g/mol. The number of hydrogen-bond acceptors (Lipinski definition) is 5. The number of phenols is 1. The van der Waals surface area contributed by atoms with Crippen molar-refractivity contribution in [2.24, 2.45) is 0 Å². The molecule has 0 amide bonds. The minimum atomic E-state index is -3.80. The number of sulfonamides is 1. The van der Waals surface area contributed by atoms with Gasteiger partial charge in [-0.1, -0.05) is 12.1 Å². The van der Waals surface area contributed by atoms with Crippen LogP contribution in [0, 0.1) is 0 Å². The molecule has 0 saturated carbocycles. The van der Waals surface area contributed by atoms with Crippen molar-refractivity contribution in [3.63, 3.8) is 0 Å². The molecule has 0 spiro atoms. The first-order valence-electron chi connectivity index (χ1n) is 5.79. The number of benzene rings is 1. The zero-order valence-electron chi connectivity index (χ0n) is 10.9. The van der Waals surface area contributed by atoms with E-state index in [4.69, 9.17) is 4.74 Å². The summed E-state index contributed by atoms with van der Waals surface area (Å²) >= 11 is 0. The van der Waals surface area contributed by atoms with Crippen LogP contribution >= 0.6 is 0 Å². The SMILES string of the molecule is CCOC(=O)CCN(C)S(=O)(=O)c1ccccc1O. The molecule has 0 aliphatic heterocycles. The normalized spacial score (nSPS) is 11.5. The van der Waals surface area contributed by atoms with E-state index >= 15 is 0 Å². The summed E-state index contributed by atoms with van der Waals surface area (Å²) in [6.07, 6.45) is -0.0306. The molecule has 7 heteroatoms. The van der Waals surface area contributed by atoms with E-state index in [0.29, 0.717) is 0 Å². The molecule has 0 fully saturated rings. The molecule has 19 heavy (non-hydrogen) atoms. The molecule has 0 aliphatic rings. The smallest absolute Gasteiger partial charge is 0.307 e. The van der Waals surface area contributed by atoms with Crippen LogP contribution in [0.3, 0.4) is 0 Å². The molecule has 1 N–H and O–H groups in total. The molecular formula is C12H17NO5S. The predicted molar refractivity (Wildman–Crippen MR) is 69.2 cm³/mol. The summed E-state index contributed by atoms with van der Waals surface area (Å²) in [5.41, 5.74) is 0. The number of para-hydroxylation sites is 1. The first-order chi connectivity index (χ1) is 8.89. The maximum atomic E-state index is 12.1. The quantitative estimate of drug-likeness (QED) is 0.788. The van der Waals surface area contributed by atoms with Gasteiger partial charge in [-0.3, -0.25) is 4.79 Å². The molecule has 1 aromatic carbocycles. The molecule has 0 bridgehead atoms. The van der Waals surface area contributed by atoms with Crippen molar-refractivity contribution in [1.29, 1.82) is 0 Å². The van der Waals surface area contributed by atoms with Crippen LogP contribution in [0.2, 0.25) is 0 Å². The van der Waals surface area contributed by atoms with E-state index < -0.39 is 16.0 Å². The van der Waals surface area contributed by atoms with Gasteiger partial charge < -0.3 is 9.84 Å². The molecule has 0 saturated heterocycles. The van der Waals surface area contributed by atoms with Crippen molar-refractivity contribution in [1.82, 2.24) is 4.31 Å². The lowest BCUT2D eigenvalue weighted by atomic mass is 10.3. The van der Waals surface area contributed by atoms with Crippen LogP contribution in [0.25, 0.3) is 0 Å². The summed E-state index contributed by atoms with van der Waals surface area (Å²) in [4.78, 5) is 11.0. The van der Waals surface area contributed by atoms with Gasteiger partial charge in [-0.2, -0.15) is 0 Å². The number of esters is 1. The van der Waals surface area contributed by atoms with E-state index in [1.165, 1.54) is 31.3 Å². The Morgan fingerprint density at radius 2 is 2.00 bits per heavy atom. The van der Waals surface area contributed by atoms with Crippen LogP contribution in [0.4, 0.5) is 0 Å². The van der Waals surface area contributed by atoms with E-state index in [9.17, 15) is 18.3 Å². The molecule has 6 nitrogen and oxygen atoms in total. The second-order valence-electron chi connectivity index (χ2n) is 3.85. The summed E-state index contributed by atoms with van der Waals surface area (Å²) in [6.45, 7) is 1.94. The summed E-state index contributed by atoms with van der Waals surface area (Å²) in [5, 5.41) is 9.56. The molecular weight excluding hydrogens is 270 g/mol. The van der Waals surface area contributed by atoms with Crippen LogP contribution < -0.4 is 0 Å². The van der Waals surface area contributed by atoms with Crippen LogP contribution in [0.1, 0.15) is 13.3 Å². The fraction of sp³-hybridized carbons (Fsp3) is 0.417. The number of hydrogen-bond donors (Lipinski definition) is 1. The number of nitrogens with zero attached hydrogens (tertiary/aromatic N) is 1. The number of phenolic OH excluding ortho intramolecular Hbond substituents is 1. The number of carbonyl (C=O) groups is 1. The minimum absolute atomic E-state index is 0.00446. The van der Waals surface area contributed by atoms with Gasteiger partial charge in [0.15, 0.2) is 0 Å².